The molecule has 0 atom stereocenters. The number of nitrogens with zero attached hydrogens (tertiary/aromatic N) is 2. The van der Waals surface area contributed by atoms with E-state index in [0.717, 1.165) is 25.1 Å². The number of anilines is 2. The predicted octanol–water partition coefficient (Wildman–Crippen LogP) is 11.7. The van der Waals surface area contributed by atoms with E-state index in [-0.39, 0.29) is 0 Å². The van der Waals surface area contributed by atoms with Crippen LogP contribution in [0.4, 0.5) is 11.4 Å². The molecule has 0 bridgehead atoms. The highest BCUT2D eigenvalue weighted by Gasteiger charge is 2.27. The van der Waals surface area contributed by atoms with E-state index in [1.165, 1.54) is 53.8 Å². The molecule has 0 aliphatic carbocycles. The van der Waals surface area contributed by atoms with E-state index in [4.69, 9.17) is 0 Å². The minimum absolute atomic E-state index is 0.727. The summed E-state index contributed by atoms with van der Waals surface area (Å²) in [5, 5.41) is 11.1. The van der Waals surface area contributed by atoms with Gasteiger partial charge in [0.2, 0.25) is 0 Å². The summed E-state index contributed by atoms with van der Waals surface area (Å²) in [6.07, 6.45) is 3.58. The van der Waals surface area contributed by atoms with Crippen molar-refractivity contribution in [3.05, 3.63) is 267 Å². The van der Waals surface area contributed by atoms with Gasteiger partial charge in [-0.25, -0.2) is 0 Å². The molecule has 0 aliphatic heterocycles. The number of hydrogen-bond acceptors (Lipinski definition) is 2. The SMILES string of the molecule is c1ccc(P(CN(CP(c2ccccc2)c2ccccc2)c2cccc(N(CP(c3ccccc3)c3ccccc3)CP(c3ccccc3)c3ccccc3)c2)c2ccccc2)cc1. The van der Waals surface area contributed by atoms with Crippen molar-refractivity contribution in [2.75, 3.05) is 34.9 Å². The second kappa shape index (κ2) is 22.3. The zero-order chi connectivity index (χ0) is 43.2. The van der Waals surface area contributed by atoms with E-state index < -0.39 is 31.7 Å². The summed E-state index contributed by atoms with van der Waals surface area (Å²) in [5.74, 6) is 0. The molecule has 0 saturated carbocycles. The van der Waals surface area contributed by atoms with Gasteiger partial charge in [-0.15, -0.1) is 0 Å². The Morgan fingerprint density at radius 3 is 0.547 bits per heavy atom. The minimum atomic E-state index is -0.727. The summed E-state index contributed by atoms with van der Waals surface area (Å²) in [5.41, 5.74) is 2.52. The predicted molar refractivity (Wildman–Crippen MR) is 287 cm³/mol. The molecular weight excluding hydrogens is 849 g/mol. The first-order valence-electron chi connectivity index (χ1n) is 21.9. The molecule has 0 spiro atoms. The zero-order valence-electron chi connectivity index (χ0n) is 35.9. The monoisotopic (exact) mass is 900 g/mol. The summed E-state index contributed by atoms with van der Waals surface area (Å²) in [4.78, 5) is 5.46. The summed E-state index contributed by atoms with van der Waals surface area (Å²) >= 11 is 0. The molecule has 9 aromatic rings. The molecule has 0 amide bonds. The van der Waals surface area contributed by atoms with E-state index in [1.54, 1.807) is 0 Å². The molecule has 64 heavy (non-hydrogen) atoms. The van der Waals surface area contributed by atoms with E-state index in [1.807, 2.05) is 0 Å². The fraction of sp³-hybridized carbons (Fsp3) is 0.0690. The molecular formula is C58H52N2P4. The fourth-order valence-electron chi connectivity index (χ4n) is 8.10. The van der Waals surface area contributed by atoms with Crippen LogP contribution < -0.4 is 52.2 Å². The highest BCUT2D eigenvalue weighted by atomic mass is 31.1. The lowest BCUT2D eigenvalue weighted by Crippen LogP contribution is -2.33. The Labute approximate surface area is 385 Å². The summed E-state index contributed by atoms with van der Waals surface area (Å²) in [6, 6.07) is 99.2. The van der Waals surface area contributed by atoms with Crippen LogP contribution in [-0.4, -0.2) is 25.1 Å². The van der Waals surface area contributed by atoms with Crippen LogP contribution in [0.15, 0.2) is 267 Å². The lowest BCUT2D eigenvalue weighted by Gasteiger charge is -2.36. The van der Waals surface area contributed by atoms with Crippen molar-refractivity contribution in [1.82, 2.24) is 0 Å². The maximum Gasteiger partial charge on any atom is 0.0463 e. The van der Waals surface area contributed by atoms with Crippen molar-refractivity contribution in [2.24, 2.45) is 0 Å². The van der Waals surface area contributed by atoms with Crippen molar-refractivity contribution >= 4 is 85.5 Å². The van der Waals surface area contributed by atoms with Gasteiger partial charge in [0.15, 0.2) is 0 Å². The molecule has 0 saturated heterocycles. The standard InChI is InChI=1S/C58H52N2P4/c1-9-28-51(29-10-1)61(52-30-11-2-12-31-52)45-59(46-62(53-32-13-3-14-33-53)54-34-15-4-16-35-54)49-26-25-27-50(44-49)60(47-63(55-36-17-5-18-37-55)56-38-19-6-20-39-56)48-64(57-40-21-7-22-41-57)58-42-23-8-24-43-58/h1-44H,45-48H2. The minimum Gasteiger partial charge on any atom is -0.362 e. The molecule has 0 aromatic heterocycles. The molecule has 0 heterocycles. The van der Waals surface area contributed by atoms with Gasteiger partial charge in [-0.2, -0.15) is 0 Å². The van der Waals surface area contributed by atoms with E-state index in [0.29, 0.717) is 0 Å². The Bertz CT molecular complexity index is 2220. The molecule has 2 nitrogen and oxygen atoms in total. The third-order valence-electron chi connectivity index (χ3n) is 11.4. The van der Waals surface area contributed by atoms with Crippen LogP contribution in [0.1, 0.15) is 0 Å². The Morgan fingerprint density at radius 1 is 0.203 bits per heavy atom. The van der Waals surface area contributed by atoms with Crippen molar-refractivity contribution < 1.29 is 0 Å². The second-order valence-electron chi connectivity index (χ2n) is 15.6. The summed E-state index contributed by atoms with van der Waals surface area (Å²) in [6.45, 7) is 0. The first-order chi connectivity index (χ1) is 31.8. The summed E-state index contributed by atoms with van der Waals surface area (Å²) in [7, 11) is -2.91. The van der Waals surface area contributed by atoms with Gasteiger partial charge >= 0.3 is 0 Å². The number of hydrogen-bond donors (Lipinski definition) is 0. The van der Waals surface area contributed by atoms with Crippen molar-refractivity contribution in [2.45, 2.75) is 0 Å². The van der Waals surface area contributed by atoms with Gasteiger partial charge in [-0.05, 0) is 92.3 Å². The molecule has 0 unspecified atom stereocenters. The van der Waals surface area contributed by atoms with Crippen LogP contribution in [-0.2, 0) is 0 Å². The van der Waals surface area contributed by atoms with Crippen LogP contribution in [0.5, 0.6) is 0 Å². The first kappa shape index (κ1) is 43.5. The van der Waals surface area contributed by atoms with Crippen LogP contribution in [0, 0.1) is 0 Å². The Morgan fingerprint density at radius 2 is 0.375 bits per heavy atom. The second-order valence-corrected chi connectivity index (χ2v) is 24.2. The van der Waals surface area contributed by atoms with Gasteiger partial charge in [0, 0.05) is 36.5 Å². The Hall–Kier alpha value is -5.70. The van der Waals surface area contributed by atoms with Crippen molar-refractivity contribution in [3.8, 4) is 0 Å². The quantitative estimate of drug-likeness (QED) is 0.0792. The largest absolute Gasteiger partial charge is 0.362 e. The van der Waals surface area contributed by atoms with Crippen LogP contribution >= 0.6 is 31.7 Å². The number of rotatable bonds is 18. The highest BCUT2D eigenvalue weighted by Crippen LogP contribution is 2.45. The molecule has 0 radical (unpaired) electrons. The van der Waals surface area contributed by atoms with Gasteiger partial charge in [-0.3, -0.25) is 0 Å². The van der Waals surface area contributed by atoms with E-state index >= 15 is 0 Å². The molecule has 9 rings (SSSR count). The first-order valence-corrected chi connectivity index (χ1v) is 28.0. The van der Waals surface area contributed by atoms with Crippen LogP contribution in [0.2, 0.25) is 0 Å². The van der Waals surface area contributed by atoms with E-state index in [2.05, 4.69) is 277 Å². The topological polar surface area (TPSA) is 6.48 Å². The van der Waals surface area contributed by atoms with Crippen molar-refractivity contribution in [1.29, 1.82) is 0 Å². The average Bonchev–Trinajstić information content (AvgIpc) is 3.38. The smallest absolute Gasteiger partial charge is 0.0463 e. The molecule has 0 N–H and O–H groups in total. The maximum absolute atomic E-state index is 2.73. The normalized spacial score (nSPS) is 11.3. The molecule has 0 aliphatic rings. The van der Waals surface area contributed by atoms with Gasteiger partial charge in [-0.1, -0.05) is 249 Å². The fourth-order valence-corrected chi connectivity index (χ4v) is 17.6. The lowest BCUT2D eigenvalue weighted by atomic mass is 10.2. The van der Waals surface area contributed by atoms with Crippen LogP contribution in [0.3, 0.4) is 0 Å². The van der Waals surface area contributed by atoms with Gasteiger partial charge in [0.05, 0.1) is 0 Å². The molecule has 9 aromatic carbocycles. The molecule has 6 heteroatoms. The highest BCUT2D eigenvalue weighted by molar-refractivity contribution is 7.75. The van der Waals surface area contributed by atoms with Gasteiger partial charge in [0.25, 0.3) is 0 Å². The van der Waals surface area contributed by atoms with Gasteiger partial charge in [0.1, 0.15) is 0 Å². The molecule has 0 fully saturated rings. The lowest BCUT2D eigenvalue weighted by molar-refractivity contribution is 1.03. The summed E-state index contributed by atoms with van der Waals surface area (Å²) < 4.78 is 0. The van der Waals surface area contributed by atoms with Crippen LogP contribution in [0.25, 0.3) is 0 Å². The maximum atomic E-state index is 2.73. The number of benzene rings is 9. The molecule has 314 valence electrons. The van der Waals surface area contributed by atoms with Gasteiger partial charge < -0.3 is 9.80 Å². The third kappa shape index (κ3) is 11.1. The average molecular weight is 901 g/mol. The van der Waals surface area contributed by atoms with Crippen molar-refractivity contribution in [3.63, 3.8) is 0 Å². The van der Waals surface area contributed by atoms with E-state index in [9.17, 15) is 0 Å². The zero-order valence-corrected chi connectivity index (χ0v) is 39.5. The third-order valence-corrected chi connectivity index (χ3v) is 21.2. The Kier molecular flexibility index (Phi) is 15.2. The Balaban J connectivity index is 1.18.